The summed E-state index contributed by atoms with van der Waals surface area (Å²) in [5, 5.41) is 9.91. The van der Waals surface area contributed by atoms with Crippen LogP contribution in [0, 0.1) is 0 Å². The van der Waals surface area contributed by atoms with Crippen molar-refractivity contribution in [2.45, 2.75) is 0 Å². The van der Waals surface area contributed by atoms with Crippen LogP contribution in [0.15, 0.2) is 261 Å². The van der Waals surface area contributed by atoms with Gasteiger partial charge in [0.05, 0.1) is 5.69 Å². The lowest BCUT2D eigenvalue weighted by molar-refractivity contribution is 1.28. The molecule has 0 unspecified atom stereocenters. The zero-order valence-corrected chi connectivity index (χ0v) is 35.8. The Morgan fingerprint density at radius 1 is 0.215 bits per heavy atom. The van der Waals surface area contributed by atoms with E-state index >= 15 is 0 Å². The number of rotatable bonds is 8. The van der Waals surface area contributed by atoms with Crippen molar-refractivity contribution in [3.63, 3.8) is 0 Å². The lowest BCUT2D eigenvalue weighted by Crippen LogP contribution is -2.11. The third kappa shape index (κ3) is 6.92. The molecule has 0 radical (unpaired) electrons. The highest BCUT2D eigenvalue weighted by molar-refractivity contribution is 6.22. The molecule has 0 aliphatic heterocycles. The van der Waals surface area contributed by atoms with Gasteiger partial charge in [-0.2, -0.15) is 0 Å². The third-order valence-electron chi connectivity index (χ3n) is 13.0. The summed E-state index contributed by atoms with van der Waals surface area (Å²) < 4.78 is 0. The molecule has 0 aliphatic rings. The van der Waals surface area contributed by atoms with Crippen LogP contribution in [0.1, 0.15) is 0 Å². The van der Waals surface area contributed by atoms with Crippen molar-refractivity contribution in [1.29, 1.82) is 0 Å². The highest BCUT2D eigenvalue weighted by Gasteiger charge is 2.22. The summed E-state index contributed by atoms with van der Waals surface area (Å²) in [7, 11) is 0. The minimum absolute atomic E-state index is 1.08. The van der Waals surface area contributed by atoms with E-state index in [2.05, 4.69) is 266 Å². The Kier molecular flexibility index (Phi) is 9.58. The summed E-state index contributed by atoms with van der Waals surface area (Å²) in [4.78, 5) is 2.45. The normalized spacial score (nSPS) is 11.4. The predicted molar refractivity (Wildman–Crippen MR) is 278 cm³/mol. The largest absolute Gasteiger partial charge is 0.310 e. The first kappa shape index (κ1) is 38.2. The van der Waals surface area contributed by atoms with Crippen molar-refractivity contribution in [2.75, 3.05) is 4.90 Å². The van der Waals surface area contributed by atoms with E-state index in [9.17, 15) is 0 Å². The zero-order chi connectivity index (χ0) is 43.1. The molecule has 0 aliphatic carbocycles. The van der Waals surface area contributed by atoms with Crippen LogP contribution in [0.2, 0.25) is 0 Å². The first-order valence-corrected chi connectivity index (χ1v) is 22.4. The van der Waals surface area contributed by atoms with Gasteiger partial charge in [0.1, 0.15) is 0 Å². The van der Waals surface area contributed by atoms with Gasteiger partial charge in [-0.1, -0.05) is 218 Å². The number of fused-ring (bicyclic) bond motifs is 5. The maximum atomic E-state index is 2.45. The Balaban J connectivity index is 1.09. The van der Waals surface area contributed by atoms with Gasteiger partial charge in [0, 0.05) is 16.9 Å². The van der Waals surface area contributed by atoms with Gasteiger partial charge in [0.15, 0.2) is 0 Å². The van der Waals surface area contributed by atoms with Gasteiger partial charge in [0.25, 0.3) is 0 Å². The quantitative estimate of drug-likeness (QED) is 0.138. The summed E-state index contributed by atoms with van der Waals surface area (Å²) >= 11 is 0. The smallest absolute Gasteiger partial charge is 0.0540 e. The molecule has 0 saturated carbocycles. The first-order valence-electron chi connectivity index (χ1n) is 22.4. The predicted octanol–water partition coefficient (Wildman–Crippen LogP) is 18.1. The molecule has 1 nitrogen and oxygen atoms in total. The number of nitrogens with zero attached hydrogens (tertiary/aromatic N) is 1. The molecule has 1 heteroatoms. The SMILES string of the molecule is c1ccc(-c2c(-c3ccccc3)c3cc(-c4ccccc4N(c4cccc(-c5ccc6ccccc6c5)c4)c4cccc(-c5cccc6ccccc56)c4)ccc3c3ccccc23)cc1. The standard InChI is InChI=1S/C64H43N/c1-3-20-46(21-4-1)63-60-33-12-11-32-58(60)59-39-38-52(43-61(59)64(63)47-22-5-2-6-23-47)57-31-13-14-35-62(57)65(53-28-15-26-49(41-53)50-37-36-44-18-7-8-24-48(44)40-50)54-29-16-27-51(42-54)56-34-17-25-45-19-9-10-30-55(45)56/h1-43H. The molecule has 0 N–H and O–H groups in total. The van der Waals surface area contributed by atoms with Crippen molar-refractivity contribution in [2.24, 2.45) is 0 Å². The summed E-state index contributed by atoms with van der Waals surface area (Å²) in [5.74, 6) is 0. The number of hydrogen-bond donors (Lipinski definition) is 0. The topological polar surface area (TPSA) is 3.24 Å². The lowest BCUT2D eigenvalue weighted by Gasteiger charge is -2.29. The minimum Gasteiger partial charge on any atom is -0.310 e. The van der Waals surface area contributed by atoms with Gasteiger partial charge < -0.3 is 4.90 Å². The monoisotopic (exact) mass is 825 g/mol. The highest BCUT2D eigenvalue weighted by atomic mass is 15.1. The molecule has 0 bridgehead atoms. The van der Waals surface area contributed by atoms with E-state index in [4.69, 9.17) is 0 Å². The fourth-order valence-electron chi connectivity index (χ4n) is 9.99. The van der Waals surface area contributed by atoms with Crippen LogP contribution in [0.3, 0.4) is 0 Å². The second kappa shape index (κ2) is 16.3. The van der Waals surface area contributed by atoms with Crippen LogP contribution in [0.5, 0.6) is 0 Å². The Bertz CT molecular complexity index is 3710. The fraction of sp³-hybridized carbons (Fsp3) is 0. The van der Waals surface area contributed by atoms with Crippen molar-refractivity contribution in [1.82, 2.24) is 0 Å². The summed E-state index contributed by atoms with van der Waals surface area (Å²) in [6.45, 7) is 0. The molecule has 0 atom stereocenters. The Morgan fingerprint density at radius 2 is 0.692 bits per heavy atom. The van der Waals surface area contributed by atoms with E-state index < -0.39 is 0 Å². The average Bonchev–Trinajstić information content (AvgIpc) is 3.38. The summed E-state index contributed by atoms with van der Waals surface area (Å²) in [6, 6.07) is 95.4. The fourth-order valence-corrected chi connectivity index (χ4v) is 9.99. The molecule has 0 spiro atoms. The van der Waals surface area contributed by atoms with Crippen LogP contribution < -0.4 is 4.90 Å². The van der Waals surface area contributed by atoms with Crippen molar-refractivity contribution in [3.05, 3.63) is 261 Å². The molecule has 65 heavy (non-hydrogen) atoms. The summed E-state index contributed by atoms with van der Waals surface area (Å²) in [5.41, 5.74) is 15.2. The average molecular weight is 826 g/mol. The molecular formula is C64H43N. The zero-order valence-electron chi connectivity index (χ0n) is 35.8. The third-order valence-corrected chi connectivity index (χ3v) is 13.0. The number of anilines is 3. The molecule has 304 valence electrons. The molecule has 0 fully saturated rings. The van der Waals surface area contributed by atoms with Crippen molar-refractivity contribution >= 4 is 60.2 Å². The number of benzene rings is 12. The maximum absolute atomic E-state index is 2.45. The lowest BCUT2D eigenvalue weighted by atomic mass is 9.84. The van der Waals surface area contributed by atoms with Crippen LogP contribution in [0.25, 0.3) is 98.7 Å². The molecule has 12 aromatic carbocycles. The van der Waals surface area contributed by atoms with Crippen LogP contribution in [0.4, 0.5) is 17.1 Å². The van der Waals surface area contributed by atoms with E-state index in [0.29, 0.717) is 0 Å². The minimum atomic E-state index is 1.08. The van der Waals surface area contributed by atoms with Crippen LogP contribution in [-0.2, 0) is 0 Å². The molecule has 0 aromatic heterocycles. The van der Waals surface area contributed by atoms with E-state index in [1.54, 1.807) is 0 Å². The van der Waals surface area contributed by atoms with Crippen LogP contribution >= 0.6 is 0 Å². The Labute approximate surface area is 379 Å². The molecular weight excluding hydrogens is 783 g/mol. The maximum Gasteiger partial charge on any atom is 0.0540 e. The number of para-hydroxylation sites is 1. The van der Waals surface area contributed by atoms with E-state index in [-0.39, 0.29) is 0 Å². The Hall–Kier alpha value is -8.52. The van der Waals surface area contributed by atoms with Gasteiger partial charge >= 0.3 is 0 Å². The number of hydrogen-bond acceptors (Lipinski definition) is 1. The molecule has 0 saturated heterocycles. The molecule has 0 heterocycles. The second-order valence-corrected chi connectivity index (χ2v) is 16.8. The van der Waals surface area contributed by atoms with Crippen molar-refractivity contribution < 1.29 is 0 Å². The van der Waals surface area contributed by atoms with E-state index in [0.717, 1.165) is 28.2 Å². The highest BCUT2D eigenvalue weighted by Crippen LogP contribution is 2.48. The van der Waals surface area contributed by atoms with Gasteiger partial charge in [-0.3, -0.25) is 0 Å². The van der Waals surface area contributed by atoms with E-state index in [1.165, 1.54) is 87.6 Å². The van der Waals surface area contributed by atoms with Gasteiger partial charge in [-0.15, -0.1) is 0 Å². The molecule has 12 aromatic rings. The van der Waals surface area contributed by atoms with Gasteiger partial charge in [-0.25, -0.2) is 0 Å². The molecule has 12 rings (SSSR count). The molecule has 0 amide bonds. The summed E-state index contributed by atoms with van der Waals surface area (Å²) in [6.07, 6.45) is 0. The Morgan fingerprint density at radius 3 is 1.46 bits per heavy atom. The van der Waals surface area contributed by atoms with Gasteiger partial charge in [0.2, 0.25) is 0 Å². The van der Waals surface area contributed by atoms with E-state index in [1.807, 2.05) is 0 Å². The van der Waals surface area contributed by atoms with Gasteiger partial charge in [-0.05, 0) is 136 Å². The van der Waals surface area contributed by atoms with Crippen molar-refractivity contribution in [3.8, 4) is 55.6 Å². The van der Waals surface area contributed by atoms with Crippen LogP contribution in [-0.4, -0.2) is 0 Å². The second-order valence-electron chi connectivity index (χ2n) is 16.8. The first-order chi connectivity index (χ1) is 32.2.